The molecule has 6 nitrogen and oxygen atoms in total. The van der Waals surface area contributed by atoms with Crippen molar-refractivity contribution in [3.05, 3.63) is 65.7 Å². The number of hydrogen-bond donors (Lipinski definition) is 2. The molecule has 6 heteroatoms. The van der Waals surface area contributed by atoms with Gasteiger partial charge in [-0.25, -0.2) is 0 Å². The summed E-state index contributed by atoms with van der Waals surface area (Å²) in [6, 6.07) is 14.4. The molecule has 162 valence electrons. The number of piperidine rings is 1. The maximum Gasteiger partial charge on any atom is 0.251 e. The molecule has 0 aliphatic carbocycles. The summed E-state index contributed by atoms with van der Waals surface area (Å²) in [7, 11) is 0. The zero-order valence-corrected chi connectivity index (χ0v) is 18.3. The molecule has 0 radical (unpaired) electrons. The molecule has 0 bridgehead atoms. The van der Waals surface area contributed by atoms with Gasteiger partial charge in [0.15, 0.2) is 5.78 Å². The largest absolute Gasteiger partial charge is 0.372 e. The predicted octanol–water partition coefficient (Wildman–Crippen LogP) is 4.65. The van der Waals surface area contributed by atoms with E-state index < -0.39 is 0 Å². The van der Waals surface area contributed by atoms with Crippen molar-refractivity contribution in [3.8, 4) is 0 Å². The number of carbonyl (C=O) groups excluding carboxylic acids is 3. The third-order valence-corrected chi connectivity index (χ3v) is 5.54. The first-order valence-electron chi connectivity index (χ1n) is 10.6. The van der Waals surface area contributed by atoms with Crippen LogP contribution < -0.4 is 15.5 Å². The summed E-state index contributed by atoms with van der Waals surface area (Å²) in [4.78, 5) is 38.3. The summed E-state index contributed by atoms with van der Waals surface area (Å²) in [5, 5.41) is 5.52. The number of amides is 2. The van der Waals surface area contributed by atoms with E-state index in [0.29, 0.717) is 16.9 Å². The van der Waals surface area contributed by atoms with Crippen LogP contribution >= 0.6 is 0 Å². The molecule has 2 amide bonds. The van der Waals surface area contributed by atoms with Crippen molar-refractivity contribution in [1.29, 1.82) is 0 Å². The van der Waals surface area contributed by atoms with Crippen molar-refractivity contribution in [3.63, 3.8) is 0 Å². The SMILES string of the molecule is CC(=O)c1ccc(NC(=O)/C(C)=C\C(=O)Nc2ccc(N3CCC(C)CC3)cc2)cc1. The Kier molecular flexibility index (Phi) is 7.23. The van der Waals surface area contributed by atoms with Gasteiger partial charge >= 0.3 is 0 Å². The van der Waals surface area contributed by atoms with Crippen molar-refractivity contribution in [2.75, 3.05) is 28.6 Å². The highest BCUT2D eigenvalue weighted by atomic mass is 16.2. The summed E-state index contributed by atoms with van der Waals surface area (Å²) >= 11 is 0. The van der Waals surface area contributed by atoms with E-state index >= 15 is 0 Å². The van der Waals surface area contributed by atoms with E-state index in [1.807, 2.05) is 24.3 Å². The second kappa shape index (κ2) is 10.1. The minimum absolute atomic E-state index is 0.0378. The zero-order valence-electron chi connectivity index (χ0n) is 18.3. The molecule has 3 rings (SSSR count). The topological polar surface area (TPSA) is 78.5 Å². The summed E-state index contributed by atoms with van der Waals surface area (Å²) < 4.78 is 0. The first kappa shape index (κ1) is 22.3. The second-order valence-corrected chi connectivity index (χ2v) is 8.12. The van der Waals surface area contributed by atoms with Gasteiger partial charge in [0, 0.05) is 47.4 Å². The number of nitrogens with zero attached hydrogens (tertiary/aromatic N) is 1. The number of Topliss-reactive ketones (excluding diaryl/α,β-unsaturated/α-hetero) is 1. The minimum Gasteiger partial charge on any atom is -0.372 e. The lowest BCUT2D eigenvalue weighted by molar-refractivity contribution is -0.114. The Bertz CT molecular complexity index is 970. The standard InChI is InChI=1S/C25H29N3O3/c1-17-12-14-28(15-13-17)23-10-8-21(9-11-23)26-24(30)16-18(2)25(31)27-22-6-4-20(5-7-22)19(3)29/h4-11,16-17H,12-15H2,1-3H3,(H,26,30)(H,27,31)/b18-16-. The van der Waals surface area contributed by atoms with Gasteiger partial charge in [-0.1, -0.05) is 6.92 Å². The Morgan fingerprint density at radius 1 is 0.871 bits per heavy atom. The fraction of sp³-hybridized carbons (Fsp3) is 0.320. The average Bonchev–Trinajstić information content (AvgIpc) is 2.75. The van der Waals surface area contributed by atoms with Crippen LogP contribution in [0.25, 0.3) is 0 Å². The Morgan fingerprint density at radius 3 is 2.00 bits per heavy atom. The van der Waals surface area contributed by atoms with E-state index in [-0.39, 0.29) is 23.2 Å². The van der Waals surface area contributed by atoms with Gasteiger partial charge in [0.1, 0.15) is 0 Å². The van der Waals surface area contributed by atoms with Crippen LogP contribution in [0.4, 0.5) is 17.1 Å². The number of rotatable bonds is 6. The lowest BCUT2D eigenvalue weighted by Gasteiger charge is -2.32. The highest BCUT2D eigenvalue weighted by molar-refractivity contribution is 6.10. The normalized spacial score (nSPS) is 14.8. The van der Waals surface area contributed by atoms with Gasteiger partial charge in [0.25, 0.3) is 5.91 Å². The van der Waals surface area contributed by atoms with Crippen LogP contribution in [0.15, 0.2) is 60.2 Å². The molecule has 2 N–H and O–H groups in total. The molecule has 0 atom stereocenters. The van der Waals surface area contributed by atoms with Crippen LogP contribution in [0.5, 0.6) is 0 Å². The quantitative estimate of drug-likeness (QED) is 0.528. The van der Waals surface area contributed by atoms with Gasteiger partial charge in [-0.3, -0.25) is 14.4 Å². The highest BCUT2D eigenvalue weighted by Crippen LogP contribution is 2.24. The maximum absolute atomic E-state index is 12.3. The van der Waals surface area contributed by atoms with E-state index in [4.69, 9.17) is 0 Å². The third-order valence-electron chi connectivity index (χ3n) is 5.54. The van der Waals surface area contributed by atoms with Crippen molar-refractivity contribution in [2.24, 2.45) is 5.92 Å². The van der Waals surface area contributed by atoms with E-state index in [9.17, 15) is 14.4 Å². The number of ketones is 1. The van der Waals surface area contributed by atoms with Crippen molar-refractivity contribution in [2.45, 2.75) is 33.6 Å². The second-order valence-electron chi connectivity index (χ2n) is 8.12. The molecule has 2 aromatic rings. The maximum atomic E-state index is 12.3. The minimum atomic E-state index is -0.375. The molecule has 1 aliphatic heterocycles. The number of carbonyl (C=O) groups is 3. The van der Waals surface area contributed by atoms with Gasteiger partial charge in [-0.05, 0) is 81.1 Å². The van der Waals surface area contributed by atoms with Gasteiger partial charge in [-0.2, -0.15) is 0 Å². The summed E-state index contributed by atoms with van der Waals surface area (Å²) in [6.45, 7) is 7.47. The lowest BCUT2D eigenvalue weighted by atomic mass is 9.99. The molecule has 1 fully saturated rings. The van der Waals surface area contributed by atoms with E-state index in [1.54, 1.807) is 31.2 Å². The van der Waals surface area contributed by atoms with Crippen molar-refractivity contribution >= 4 is 34.7 Å². The molecule has 2 aromatic carbocycles. The van der Waals surface area contributed by atoms with E-state index in [0.717, 1.165) is 24.7 Å². The van der Waals surface area contributed by atoms with Crippen LogP contribution in [-0.2, 0) is 9.59 Å². The Morgan fingerprint density at radius 2 is 1.42 bits per heavy atom. The molecule has 0 saturated carbocycles. The Balaban J connectivity index is 1.54. The highest BCUT2D eigenvalue weighted by Gasteiger charge is 2.16. The van der Waals surface area contributed by atoms with Crippen LogP contribution in [0.2, 0.25) is 0 Å². The molecule has 0 unspecified atom stereocenters. The van der Waals surface area contributed by atoms with Crippen molar-refractivity contribution in [1.82, 2.24) is 0 Å². The summed E-state index contributed by atoms with van der Waals surface area (Å²) in [5.74, 6) is 0.00523. The third kappa shape index (κ3) is 6.28. The first-order chi connectivity index (χ1) is 14.8. The van der Waals surface area contributed by atoms with E-state index in [2.05, 4.69) is 22.5 Å². The van der Waals surface area contributed by atoms with Gasteiger partial charge in [-0.15, -0.1) is 0 Å². The Hall–Kier alpha value is -3.41. The van der Waals surface area contributed by atoms with Crippen molar-refractivity contribution < 1.29 is 14.4 Å². The molecule has 0 spiro atoms. The number of hydrogen-bond acceptors (Lipinski definition) is 4. The average molecular weight is 420 g/mol. The van der Waals surface area contributed by atoms with Gasteiger partial charge in [0.05, 0.1) is 0 Å². The fourth-order valence-corrected chi connectivity index (χ4v) is 3.48. The Labute approximate surface area is 183 Å². The van der Waals surface area contributed by atoms with Crippen LogP contribution in [-0.4, -0.2) is 30.7 Å². The zero-order chi connectivity index (χ0) is 22.4. The number of nitrogens with one attached hydrogen (secondary N) is 2. The van der Waals surface area contributed by atoms with Crippen LogP contribution in [0, 0.1) is 5.92 Å². The lowest BCUT2D eigenvalue weighted by Crippen LogP contribution is -2.32. The summed E-state index contributed by atoms with van der Waals surface area (Å²) in [6.07, 6.45) is 3.68. The molecule has 31 heavy (non-hydrogen) atoms. The van der Waals surface area contributed by atoms with Gasteiger partial charge < -0.3 is 15.5 Å². The van der Waals surface area contributed by atoms with E-state index in [1.165, 1.54) is 25.8 Å². The molecule has 1 saturated heterocycles. The smallest absolute Gasteiger partial charge is 0.251 e. The predicted molar refractivity (Wildman–Crippen MR) is 125 cm³/mol. The van der Waals surface area contributed by atoms with Crippen LogP contribution in [0.3, 0.4) is 0 Å². The molecule has 1 aliphatic rings. The molecule has 0 aromatic heterocycles. The molecular formula is C25H29N3O3. The first-order valence-corrected chi connectivity index (χ1v) is 10.6. The fourth-order valence-electron chi connectivity index (χ4n) is 3.48. The molecule has 1 heterocycles. The monoisotopic (exact) mass is 419 g/mol. The number of benzene rings is 2. The van der Waals surface area contributed by atoms with Gasteiger partial charge in [0.2, 0.25) is 5.91 Å². The molecular weight excluding hydrogens is 390 g/mol. The summed E-state index contributed by atoms with van der Waals surface area (Å²) in [5.41, 5.74) is 3.26. The van der Waals surface area contributed by atoms with Crippen LogP contribution in [0.1, 0.15) is 44.0 Å². The number of anilines is 3.